The lowest BCUT2D eigenvalue weighted by atomic mass is 10.3. The van der Waals surface area contributed by atoms with Gasteiger partial charge in [0.2, 0.25) is 0 Å². The standard InChI is InChI=1S/C10H12N2O/c1-8(13)7-12-5-3-9-6-11-4-2-10(9)12/h2-6,8,13H,7H2,1H3. The minimum atomic E-state index is -0.316. The van der Waals surface area contributed by atoms with Crippen LogP contribution in [0.4, 0.5) is 0 Å². The summed E-state index contributed by atoms with van der Waals surface area (Å²) < 4.78 is 2.03. The molecule has 3 nitrogen and oxygen atoms in total. The van der Waals surface area contributed by atoms with Gasteiger partial charge in [0.1, 0.15) is 0 Å². The summed E-state index contributed by atoms with van der Waals surface area (Å²) in [5, 5.41) is 10.4. The molecule has 2 aromatic rings. The minimum Gasteiger partial charge on any atom is -0.392 e. The monoisotopic (exact) mass is 176 g/mol. The van der Waals surface area contributed by atoms with Gasteiger partial charge in [-0.3, -0.25) is 4.98 Å². The van der Waals surface area contributed by atoms with Crippen LogP contribution in [0.15, 0.2) is 30.7 Å². The topological polar surface area (TPSA) is 38.0 Å². The van der Waals surface area contributed by atoms with Crippen molar-refractivity contribution in [3.8, 4) is 0 Å². The highest BCUT2D eigenvalue weighted by Crippen LogP contribution is 2.13. The number of aliphatic hydroxyl groups is 1. The zero-order valence-electron chi connectivity index (χ0n) is 7.51. The van der Waals surface area contributed by atoms with E-state index >= 15 is 0 Å². The Morgan fingerprint density at radius 1 is 1.54 bits per heavy atom. The third-order valence-corrected chi connectivity index (χ3v) is 2.03. The minimum absolute atomic E-state index is 0.316. The van der Waals surface area contributed by atoms with Crippen LogP contribution in [-0.2, 0) is 6.54 Å². The molecule has 1 N–H and O–H groups in total. The van der Waals surface area contributed by atoms with E-state index in [1.807, 2.05) is 29.1 Å². The van der Waals surface area contributed by atoms with Crippen LogP contribution in [0.2, 0.25) is 0 Å². The summed E-state index contributed by atoms with van der Waals surface area (Å²) in [7, 11) is 0. The van der Waals surface area contributed by atoms with Gasteiger partial charge in [0.05, 0.1) is 11.6 Å². The molecule has 1 atom stereocenters. The number of hydrogen-bond acceptors (Lipinski definition) is 2. The van der Waals surface area contributed by atoms with E-state index in [1.54, 1.807) is 13.1 Å². The first-order chi connectivity index (χ1) is 6.27. The second kappa shape index (κ2) is 3.18. The summed E-state index contributed by atoms with van der Waals surface area (Å²) in [6.45, 7) is 2.42. The molecule has 0 radical (unpaired) electrons. The maximum absolute atomic E-state index is 9.25. The van der Waals surface area contributed by atoms with E-state index in [-0.39, 0.29) is 6.10 Å². The molecule has 0 aliphatic heterocycles. The van der Waals surface area contributed by atoms with Crippen molar-refractivity contribution < 1.29 is 5.11 Å². The van der Waals surface area contributed by atoms with Gasteiger partial charge in [0.15, 0.2) is 0 Å². The molecule has 2 heterocycles. The molecule has 13 heavy (non-hydrogen) atoms. The fourth-order valence-corrected chi connectivity index (χ4v) is 1.48. The number of fused-ring (bicyclic) bond motifs is 1. The van der Waals surface area contributed by atoms with Crippen molar-refractivity contribution in [1.82, 2.24) is 9.55 Å². The average Bonchev–Trinajstić information content (AvgIpc) is 2.48. The Hall–Kier alpha value is -1.35. The second-order valence-corrected chi connectivity index (χ2v) is 3.25. The zero-order chi connectivity index (χ0) is 9.26. The molecule has 0 aliphatic carbocycles. The molecule has 0 bridgehead atoms. The van der Waals surface area contributed by atoms with Gasteiger partial charge >= 0.3 is 0 Å². The Morgan fingerprint density at radius 3 is 3.15 bits per heavy atom. The van der Waals surface area contributed by atoms with Gasteiger partial charge in [-0.2, -0.15) is 0 Å². The van der Waals surface area contributed by atoms with Crippen LogP contribution in [0.25, 0.3) is 10.9 Å². The molecule has 0 aliphatic rings. The van der Waals surface area contributed by atoms with Gasteiger partial charge in [-0.1, -0.05) is 0 Å². The normalized spacial score (nSPS) is 13.4. The largest absolute Gasteiger partial charge is 0.392 e. The molecular formula is C10H12N2O. The predicted octanol–water partition coefficient (Wildman–Crippen LogP) is 1.42. The molecule has 0 fully saturated rings. The van der Waals surface area contributed by atoms with Crippen molar-refractivity contribution >= 4 is 10.9 Å². The van der Waals surface area contributed by atoms with Gasteiger partial charge in [-0.25, -0.2) is 0 Å². The van der Waals surface area contributed by atoms with Crippen molar-refractivity contribution in [2.24, 2.45) is 0 Å². The third-order valence-electron chi connectivity index (χ3n) is 2.03. The van der Waals surface area contributed by atoms with E-state index in [2.05, 4.69) is 4.98 Å². The lowest BCUT2D eigenvalue weighted by Gasteiger charge is -2.06. The van der Waals surface area contributed by atoms with E-state index in [9.17, 15) is 5.11 Å². The summed E-state index contributed by atoms with van der Waals surface area (Å²) in [4.78, 5) is 4.03. The van der Waals surface area contributed by atoms with Crippen molar-refractivity contribution in [3.63, 3.8) is 0 Å². The van der Waals surface area contributed by atoms with Crippen molar-refractivity contribution in [1.29, 1.82) is 0 Å². The van der Waals surface area contributed by atoms with Crippen molar-refractivity contribution in [3.05, 3.63) is 30.7 Å². The van der Waals surface area contributed by atoms with Crippen LogP contribution < -0.4 is 0 Å². The molecule has 68 valence electrons. The quantitative estimate of drug-likeness (QED) is 0.751. The Labute approximate surface area is 76.6 Å². The molecule has 0 aromatic carbocycles. The predicted molar refractivity (Wildman–Crippen MR) is 51.4 cm³/mol. The summed E-state index contributed by atoms with van der Waals surface area (Å²) in [6, 6.07) is 3.96. The van der Waals surface area contributed by atoms with Gasteiger partial charge in [-0.05, 0) is 19.1 Å². The first-order valence-corrected chi connectivity index (χ1v) is 4.34. The summed E-state index contributed by atoms with van der Waals surface area (Å²) in [5.41, 5.74) is 1.12. The molecule has 0 saturated carbocycles. The number of aromatic nitrogens is 2. The number of nitrogens with zero attached hydrogens (tertiary/aromatic N) is 2. The molecule has 2 aromatic heterocycles. The highest BCUT2D eigenvalue weighted by atomic mass is 16.3. The molecule has 0 amide bonds. The molecule has 2 rings (SSSR count). The maximum Gasteiger partial charge on any atom is 0.0691 e. The van der Waals surface area contributed by atoms with Gasteiger partial charge < -0.3 is 9.67 Å². The molecule has 0 saturated heterocycles. The number of hydrogen-bond donors (Lipinski definition) is 1. The SMILES string of the molecule is CC(O)Cn1ccc2cnccc21. The van der Waals surface area contributed by atoms with E-state index in [1.165, 1.54) is 0 Å². The van der Waals surface area contributed by atoms with Crippen molar-refractivity contribution in [2.45, 2.75) is 19.6 Å². The van der Waals surface area contributed by atoms with Crippen LogP contribution in [0.1, 0.15) is 6.92 Å². The summed E-state index contributed by atoms with van der Waals surface area (Å²) in [6.07, 6.45) is 5.25. The molecular weight excluding hydrogens is 164 g/mol. The van der Waals surface area contributed by atoms with E-state index < -0.39 is 0 Å². The average molecular weight is 176 g/mol. The fourth-order valence-electron chi connectivity index (χ4n) is 1.48. The fraction of sp³-hybridized carbons (Fsp3) is 0.300. The number of pyridine rings is 1. The first-order valence-electron chi connectivity index (χ1n) is 4.34. The lowest BCUT2D eigenvalue weighted by Crippen LogP contribution is -2.10. The van der Waals surface area contributed by atoms with E-state index in [4.69, 9.17) is 0 Å². The van der Waals surface area contributed by atoms with Gasteiger partial charge in [-0.15, -0.1) is 0 Å². The first kappa shape index (κ1) is 8.26. The smallest absolute Gasteiger partial charge is 0.0691 e. The second-order valence-electron chi connectivity index (χ2n) is 3.25. The number of rotatable bonds is 2. The molecule has 3 heteroatoms. The van der Waals surface area contributed by atoms with E-state index in [0.717, 1.165) is 10.9 Å². The number of aliphatic hydroxyl groups excluding tert-OH is 1. The maximum atomic E-state index is 9.25. The molecule has 0 spiro atoms. The summed E-state index contributed by atoms with van der Waals surface area (Å²) in [5.74, 6) is 0. The van der Waals surface area contributed by atoms with Crippen LogP contribution in [0, 0.1) is 0 Å². The third kappa shape index (κ3) is 1.55. The Morgan fingerprint density at radius 2 is 2.38 bits per heavy atom. The Bertz CT molecular complexity index is 406. The highest BCUT2D eigenvalue weighted by Gasteiger charge is 2.02. The van der Waals surface area contributed by atoms with Crippen LogP contribution in [0.3, 0.4) is 0 Å². The highest BCUT2D eigenvalue weighted by molar-refractivity contribution is 5.78. The lowest BCUT2D eigenvalue weighted by molar-refractivity contribution is 0.175. The van der Waals surface area contributed by atoms with Gasteiger partial charge in [0.25, 0.3) is 0 Å². The molecule has 1 unspecified atom stereocenters. The van der Waals surface area contributed by atoms with Crippen LogP contribution in [0.5, 0.6) is 0 Å². The van der Waals surface area contributed by atoms with Crippen LogP contribution >= 0.6 is 0 Å². The Kier molecular flexibility index (Phi) is 2.02. The zero-order valence-corrected chi connectivity index (χ0v) is 7.51. The van der Waals surface area contributed by atoms with Crippen molar-refractivity contribution in [2.75, 3.05) is 0 Å². The van der Waals surface area contributed by atoms with E-state index in [0.29, 0.717) is 6.54 Å². The van der Waals surface area contributed by atoms with Crippen LogP contribution in [-0.4, -0.2) is 20.8 Å². The van der Waals surface area contributed by atoms with Gasteiger partial charge in [0, 0.05) is 30.5 Å². The Balaban J connectivity index is 2.46. The summed E-state index contributed by atoms with van der Waals surface area (Å²) >= 11 is 0.